The average molecular weight is 462 g/mol. The fourth-order valence-corrected chi connectivity index (χ4v) is 4.45. The zero-order valence-corrected chi connectivity index (χ0v) is 19.9. The van der Waals surface area contributed by atoms with Crippen molar-refractivity contribution in [3.63, 3.8) is 0 Å². The number of carbonyl (C=O) groups excluding carboxylic acids is 3. The van der Waals surface area contributed by atoms with Crippen LogP contribution in [0.15, 0.2) is 24.3 Å². The standard InChI is InChI=1S/C23H35N5O5/c1-16(2)12-19-22(31)26(10-5-11-29)14-20-27(19)21(30)15-25(3)28(20)23(32)24-13-17-6-8-18(33-4)9-7-17/h6-9,16,19-20,29H,5,10-15H2,1-4H3,(H,24,32)/t19-,20?/m0/s1. The number of methoxy groups -OCH3 is 1. The Hall–Kier alpha value is -2.85. The monoisotopic (exact) mass is 461 g/mol. The molecule has 2 fully saturated rings. The lowest BCUT2D eigenvalue weighted by Gasteiger charge is -2.54. The Labute approximate surface area is 195 Å². The molecule has 33 heavy (non-hydrogen) atoms. The molecule has 0 radical (unpaired) electrons. The van der Waals surface area contributed by atoms with Crippen LogP contribution >= 0.6 is 0 Å². The number of ether oxygens (including phenoxy) is 1. The molecule has 1 unspecified atom stereocenters. The summed E-state index contributed by atoms with van der Waals surface area (Å²) >= 11 is 0. The van der Waals surface area contributed by atoms with Crippen molar-refractivity contribution in [2.45, 2.75) is 45.4 Å². The first-order valence-electron chi connectivity index (χ1n) is 11.4. The van der Waals surface area contributed by atoms with E-state index in [2.05, 4.69) is 5.32 Å². The van der Waals surface area contributed by atoms with Crippen LogP contribution < -0.4 is 10.1 Å². The molecule has 182 valence electrons. The number of aliphatic hydroxyl groups is 1. The average Bonchev–Trinajstić information content (AvgIpc) is 2.78. The van der Waals surface area contributed by atoms with E-state index in [1.165, 1.54) is 5.01 Å². The lowest BCUT2D eigenvalue weighted by atomic mass is 9.97. The van der Waals surface area contributed by atoms with Crippen molar-refractivity contribution in [1.82, 2.24) is 25.1 Å². The Morgan fingerprint density at radius 3 is 2.55 bits per heavy atom. The van der Waals surface area contributed by atoms with Crippen molar-refractivity contribution in [3.8, 4) is 5.75 Å². The molecule has 10 nitrogen and oxygen atoms in total. The molecule has 1 aromatic rings. The number of likely N-dealkylation sites (N-methyl/N-ethyl adjacent to an activating group) is 1. The molecule has 2 saturated heterocycles. The number of amides is 4. The van der Waals surface area contributed by atoms with Gasteiger partial charge in [0.05, 0.1) is 20.2 Å². The first-order chi connectivity index (χ1) is 15.8. The molecule has 0 aliphatic carbocycles. The van der Waals surface area contributed by atoms with E-state index in [1.54, 1.807) is 29.0 Å². The molecule has 2 aliphatic heterocycles. The van der Waals surface area contributed by atoms with Crippen LogP contribution in [0.1, 0.15) is 32.3 Å². The van der Waals surface area contributed by atoms with Crippen molar-refractivity contribution in [3.05, 3.63) is 29.8 Å². The van der Waals surface area contributed by atoms with Crippen molar-refractivity contribution in [2.24, 2.45) is 5.92 Å². The molecule has 2 aliphatic rings. The number of nitrogens with one attached hydrogen (secondary N) is 1. The zero-order chi connectivity index (χ0) is 24.1. The van der Waals surface area contributed by atoms with Crippen LogP contribution in [0.3, 0.4) is 0 Å². The lowest BCUT2D eigenvalue weighted by Crippen LogP contribution is -2.76. The second-order valence-corrected chi connectivity index (χ2v) is 8.96. The first kappa shape index (κ1) is 24.8. The second-order valence-electron chi connectivity index (χ2n) is 8.96. The van der Waals surface area contributed by atoms with Gasteiger partial charge in [0.2, 0.25) is 11.8 Å². The van der Waals surface area contributed by atoms with E-state index in [0.29, 0.717) is 25.9 Å². The van der Waals surface area contributed by atoms with Crippen molar-refractivity contribution < 1.29 is 24.2 Å². The van der Waals surface area contributed by atoms with E-state index < -0.39 is 12.2 Å². The number of fused-ring (bicyclic) bond motifs is 1. The summed E-state index contributed by atoms with van der Waals surface area (Å²) in [6.07, 6.45) is 0.356. The Kier molecular flexibility index (Phi) is 8.15. The minimum absolute atomic E-state index is 0.0188. The maximum atomic E-state index is 13.3. The van der Waals surface area contributed by atoms with E-state index in [1.807, 2.05) is 38.1 Å². The minimum Gasteiger partial charge on any atom is -0.497 e. The van der Waals surface area contributed by atoms with Gasteiger partial charge in [-0.25, -0.2) is 14.8 Å². The van der Waals surface area contributed by atoms with E-state index in [4.69, 9.17) is 4.74 Å². The molecule has 2 heterocycles. The summed E-state index contributed by atoms with van der Waals surface area (Å²) in [6, 6.07) is 6.46. The topological polar surface area (TPSA) is 106 Å². The van der Waals surface area contributed by atoms with Crippen LogP contribution in [0.25, 0.3) is 0 Å². The Bertz CT molecular complexity index is 846. The Morgan fingerprint density at radius 2 is 1.94 bits per heavy atom. The van der Waals surface area contributed by atoms with Crippen molar-refractivity contribution in [2.75, 3.05) is 40.4 Å². The van der Waals surface area contributed by atoms with Crippen LogP contribution in [0, 0.1) is 5.92 Å². The summed E-state index contributed by atoms with van der Waals surface area (Å²) in [5.41, 5.74) is 0.915. The van der Waals surface area contributed by atoms with E-state index in [-0.39, 0.29) is 43.5 Å². The smallest absolute Gasteiger partial charge is 0.334 e. The van der Waals surface area contributed by atoms with Gasteiger partial charge in [0.25, 0.3) is 0 Å². The number of piperazine rings is 1. The van der Waals surface area contributed by atoms with Crippen molar-refractivity contribution in [1.29, 1.82) is 0 Å². The summed E-state index contributed by atoms with van der Waals surface area (Å²) in [5.74, 6) is 0.649. The maximum Gasteiger partial charge on any atom is 0.334 e. The van der Waals surface area contributed by atoms with Gasteiger partial charge in [0, 0.05) is 26.7 Å². The molecule has 0 saturated carbocycles. The van der Waals surface area contributed by atoms with Gasteiger partial charge in [-0.05, 0) is 36.5 Å². The van der Waals surface area contributed by atoms with Crippen LogP contribution in [0.2, 0.25) is 0 Å². The summed E-state index contributed by atoms with van der Waals surface area (Å²) in [4.78, 5) is 42.7. The van der Waals surface area contributed by atoms with Gasteiger partial charge in [-0.1, -0.05) is 26.0 Å². The molecule has 1 aromatic carbocycles. The SMILES string of the molecule is COc1ccc(CNC(=O)N2C3CN(CCCO)C(=O)[C@H](CC(C)C)N3C(=O)CN2C)cc1. The third-order valence-corrected chi connectivity index (χ3v) is 6.03. The van der Waals surface area contributed by atoms with Gasteiger partial charge >= 0.3 is 6.03 Å². The highest BCUT2D eigenvalue weighted by atomic mass is 16.5. The van der Waals surface area contributed by atoms with Crippen LogP contribution in [0.4, 0.5) is 4.79 Å². The molecule has 3 rings (SSSR count). The van der Waals surface area contributed by atoms with Gasteiger partial charge in [-0.15, -0.1) is 0 Å². The molecular weight excluding hydrogens is 426 g/mol. The largest absolute Gasteiger partial charge is 0.497 e. The van der Waals surface area contributed by atoms with E-state index in [0.717, 1.165) is 11.3 Å². The quantitative estimate of drug-likeness (QED) is 0.595. The summed E-state index contributed by atoms with van der Waals surface area (Å²) in [5, 5.41) is 15.4. The molecule has 10 heteroatoms. The normalized spacial score (nSPS) is 21.5. The summed E-state index contributed by atoms with van der Waals surface area (Å²) < 4.78 is 5.17. The fourth-order valence-electron chi connectivity index (χ4n) is 4.45. The predicted octanol–water partition coefficient (Wildman–Crippen LogP) is 0.861. The molecule has 0 aromatic heterocycles. The highest BCUT2D eigenvalue weighted by Crippen LogP contribution is 2.29. The number of urea groups is 1. The van der Waals surface area contributed by atoms with Gasteiger partial charge in [0.1, 0.15) is 18.0 Å². The fraction of sp³-hybridized carbons (Fsp3) is 0.609. The van der Waals surface area contributed by atoms with Crippen LogP contribution in [-0.2, 0) is 16.1 Å². The first-order valence-corrected chi connectivity index (χ1v) is 11.4. The highest BCUT2D eigenvalue weighted by molar-refractivity contribution is 5.91. The summed E-state index contributed by atoms with van der Waals surface area (Å²) in [6.45, 7) is 4.91. The maximum absolute atomic E-state index is 13.3. The number of rotatable bonds is 8. The predicted molar refractivity (Wildman–Crippen MR) is 122 cm³/mol. The lowest BCUT2D eigenvalue weighted by molar-refractivity contribution is -0.188. The van der Waals surface area contributed by atoms with Gasteiger partial charge in [-0.2, -0.15) is 0 Å². The van der Waals surface area contributed by atoms with E-state index >= 15 is 0 Å². The molecular formula is C23H35N5O5. The Balaban J connectivity index is 1.81. The number of benzene rings is 1. The Morgan fingerprint density at radius 1 is 1.24 bits per heavy atom. The second kappa shape index (κ2) is 10.8. The molecule has 0 spiro atoms. The number of hydrogen-bond donors (Lipinski definition) is 2. The molecule has 0 bridgehead atoms. The van der Waals surface area contributed by atoms with Gasteiger partial charge < -0.3 is 25.0 Å². The number of aliphatic hydroxyl groups excluding tert-OH is 1. The van der Waals surface area contributed by atoms with Crippen molar-refractivity contribution >= 4 is 17.8 Å². The third kappa shape index (κ3) is 5.56. The van der Waals surface area contributed by atoms with E-state index in [9.17, 15) is 19.5 Å². The van der Waals surface area contributed by atoms with Gasteiger partial charge in [0.15, 0.2) is 0 Å². The number of hydrogen-bond acceptors (Lipinski definition) is 6. The zero-order valence-electron chi connectivity index (χ0n) is 19.9. The van der Waals surface area contributed by atoms with Gasteiger partial charge in [-0.3, -0.25) is 9.59 Å². The number of hydrazine groups is 1. The minimum atomic E-state index is -0.625. The van der Waals surface area contributed by atoms with Crippen LogP contribution in [0.5, 0.6) is 5.75 Å². The highest BCUT2D eigenvalue weighted by Gasteiger charge is 2.50. The number of nitrogens with zero attached hydrogens (tertiary/aromatic N) is 4. The molecule has 2 N–H and O–H groups in total. The third-order valence-electron chi connectivity index (χ3n) is 6.03. The summed E-state index contributed by atoms with van der Waals surface area (Å²) in [7, 11) is 3.30. The number of carbonyl (C=O) groups is 3. The molecule has 2 atom stereocenters. The van der Waals surface area contributed by atoms with Crippen LogP contribution in [-0.4, -0.2) is 95.4 Å². The molecule has 4 amide bonds.